The molecule has 7 nitrogen and oxygen atoms in total. The Bertz CT molecular complexity index is 578. The minimum atomic E-state index is 0.117. The van der Waals surface area contributed by atoms with E-state index < -0.39 is 0 Å². The van der Waals surface area contributed by atoms with E-state index in [1.54, 1.807) is 0 Å². The SMILES string of the molecule is CCCCCCNc1nc(NO)nc(NCc2ccccc2)n1. The Hall–Kier alpha value is -2.41. The average molecular weight is 316 g/mol. The van der Waals surface area contributed by atoms with Gasteiger partial charge < -0.3 is 10.6 Å². The summed E-state index contributed by atoms with van der Waals surface area (Å²) in [6.45, 7) is 3.59. The van der Waals surface area contributed by atoms with Gasteiger partial charge in [-0.25, -0.2) is 5.48 Å². The lowest BCUT2D eigenvalue weighted by molar-refractivity contribution is 0.382. The molecule has 0 atom stereocenters. The number of nitrogens with zero attached hydrogens (tertiary/aromatic N) is 3. The van der Waals surface area contributed by atoms with Gasteiger partial charge in [-0.2, -0.15) is 15.0 Å². The summed E-state index contributed by atoms with van der Waals surface area (Å²) in [5, 5.41) is 15.4. The second kappa shape index (κ2) is 9.58. The highest BCUT2D eigenvalue weighted by atomic mass is 16.5. The number of unbranched alkanes of at least 4 members (excludes halogenated alkanes) is 3. The summed E-state index contributed by atoms with van der Waals surface area (Å²) < 4.78 is 0. The zero-order valence-corrected chi connectivity index (χ0v) is 13.4. The Morgan fingerprint density at radius 1 is 0.870 bits per heavy atom. The molecule has 0 spiro atoms. The molecule has 124 valence electrons. The number of rotatable bonds is 10. The van der Waals surface area contributed by atoms with Crippen LogP contribution in [-0.2, 0) is 6.54 Å². The minimum absolute atomic E-state index is 0.117. The summed E-state index contributed by atoms with van der Waals surface area (Å²) in [6.07, 6.45) is 4.68. The maximum Gasteiger partial charge on any atom is 0.253 e. The molecule has 1 heterocycles. The van der Waals surface area contributed by atoms with E-state index in [2.05, 4.69) is 32.5 Å². The fourth-order valence-corrected chi connectivity index (χ4v) is 2.11. The van der Waals surface area contributed by atoms with Crippen molar-refractivity contribution in [2.45, 2.75) is 39.2 Å². The first-order valence-electron chi connectivity index (χ1n) is 7.99. The van der Waals surface area contributed by atoms with Gasteiger partial charge in [-0.3, -0.25) is 5.21 Å². The largest absolute Gasteiger partial charge is 0.354 e. The first kappa shape index (κ1) is 17.0. The van der Waals surface area contributed by atoms with Gasteiger partial charge in [0.05, 0.1) is 0 Å². The predicted molar refractivity (Wildman–Crippen MR) is 91.6 cm³/mol. The maximum atomic E-state index is 9.05. The van der Waals surface area contributed by atoms with Crippen LogP contribution >= 0.6 is 0 Å². The van der Waals surface area contributed by atoms with Gasteiger partial charge in [0.15, 0.2) is 0 Å². The summed E-state index contributed by atoms with van der Waals surface area (Å²) in [7, 11) is 0. The van der Waals surface area contributed by atoms with Crippen LogP contribution in [0.15, 0.2) is 30.3 Å². The molecule has 0 fully saturated rings. The lowest BCUT2D eigenvalue weighted by Gasteiger charge is -2.09. The van der Waals surface area contributed by atoms with Gasteiger partial charge in [0.1, 0.15) is 0 Å². The molecule has 1 aromatic carbocycles. The molecule has 7 heteroatoms. The molecule has 1 aromatic heterocycles. The van der Waals surface area contributed by atoms with E-state index in [1.807, 2.05) is 35.8 Å². The zero-order valence-electron chi connectivity index (χ0n) is 13.4. The van der Waals surface area contributed by atoms with Crippen LogP contribution in [0.4, 0.5) is 17.8 Å². The van der Waals surface area contributed by atoms with Crippen molar-refractivity contribution in [3.63, 3.8) is 0 Å². The van der Waals surface area contributed by atoms with Gasteiger partial charge >= 0.3 is 0 Å². The number of hydrogen-bond acceptors (Lipinski definition) is 7. The van der Waals surface area contributed by atoms with Gasteiger partial charge in [-0.15, -0.1) is 0 Å². The van der Waals surface area contributed by atoms with Crippen molar-refractivity contribution in [3.8, 4) is 0 Å². The molecule has 4 N–H and O–H groups in total. The third-order valence-electron chi connectivity index (χ3n) is 3.34. The van der Waals surface area contributed by atoms with Crippen LogP contribution in [0.3, 0.4) is 0 Å². The Morgan fingerprint density at radius 2 is 1.57 bits per heavy atom. The van der Waals surface area contributed by atoms with Crippen LogP contribution < -0.4 is 16.1 Å². The minimum Gasteiger partial charge on any atom is -0.354 e. The number of hydrogen-bond donors (Lipinski definition) is 4. The molecule has 0 radical (unpaired) electrons. The Balaban J connectivity index is 1.92. The summed E-state index contributed by atoms with van der Waals surface area (Å²) in [6, 6.07) is 9.97. The first-order valence-corrected chi connectivity index (χ1v) is 7.99. The Morgan fingerprint density at radius 3 is 2.26 bits per heavy atom. The molecule has 0 aliphatic rings. The summed E-state index contributed by atoms with van der Waals surface area (Å²) in [5.74, 6) is 0.978. The number of nitrogens with one attached hydrogen (secondary N) is 3. The molecular weight excluding hydrogens is 292 g/mol. The fraction of sp³-hybridized carbons (Fsp3) is 0.438. The third kappa shape index (κ3) is 6.07. The molecule has 2 rings (SSSR count). The standard InChI is InChI=1S/C16H24N6O/c1-2-3-4-8-11-17-14-19-15(21-16(20-14)22-23)18-12-13-9-6-5-7-10-13/h5-7,9-10,23H,2-4,8,11-12H2,1H3,(H3,17,18,19,20,21,22). The second-order valence-electron chi connectivity index (χ2n) is 5.24. The molecule has 0 amide bonds. The van der Waals surface area contributed by atoms with Crippen molar-refractivity contribution in [2.75, 3.05) is 22.7 Å². The molecule has 0 saturated heterocycles. The highest BCUT2D eigenvalue weighted by molar-refractivity contribution is 5.41. The fourth-order valence-electron chi connectivity index (χ4n) is 2.11. The normalized spacial score (nSPS) is 10.3. The van der Waals surface area contributed by atoms with Crippen LogP contribution in [0.25, 0.3) is 0 Å². The lowest BCUT2D eigenvalue weighted by atomic mass is 10.2. The van der Waals surface area contributed by atoms with Gasteiger partial charge in [-0.05, 0) is 12.0 Å². The second-order valence-corrected chi connectivity index (χ2v) is 5.24. The van der Waals surface area contributed by atoms with E-state index >= 15 is 0 Å². The van der Waals surface area contributed by atoms with Crippen molar-refractivity contribution in [1.29, 1.82) is 0 Å². The van der Waals surface area contributed by atoms with Crippen LogP contribution in [-0.4, -0.2) is 26.7 Å². The van der Waals surface area contributed by atoms with Crippen LogP contribution in [0, 0.1) is 0 Å². The quantitative estimate of drug-likeness (QED) is 0.394. The maximum absolute atomic E-state index is 9.05. The first-order chi connectivity index (χ1) is 11.3. The average Bonchev–Trinajstić information content (AvgIpc) is 2.60. The lowest BCUT2D eigenvalue weighted by Crippen LogP contribution is -2.12. The summed E-state index contributed by atoms with van der Waals surface area (Å²) >= 11 is 0. The van der Waals surface area contributed by atoms with E-state index in [1.165, 1.54) is 19.3 Å². The summed E-state index contributed by atoms with van der Waals surface area (Å²) in [5.41, 5.74) is 3.10. The molecule has 23 heavy (non-hydrogen) atoms. The van der Waals surface area contributed by atoms with Gasteiger partial charge in [0.25, 0.3) is 5.95 Å². The van der Waals surface area contributed by atoms with Crippen molar-refractivity contribution >= 4 is 17.8 Å². The topological polar surface area (TPSA) is 95.0 Å². The van der Waals surface area contributed by atoms with Gasteiger partial charge in [0.2, 0.25) is 11.9 Å². The van der Waals surface area contributed by atoms with E-state index in [9.17, 15) is 0 Å². The Kier molecular flexibility index (Phi) is 7.06. The van der Waals surface area contributed by atoms with Crippen LogP contribution in [0.5, 0.6) is 0 Å². The van der Waals surface area contributed by atoms with Crippen molar-refractivity contribution in [1.82, 2.24) is 15.0 Å². The molecule has 2 aromatic rings. The molecule has 0 unspecified atom stereocenters. The molecule has 0 aliphatic heterocycles. The van der Waals surface area contributed by atoms with Crippen molar-refractivity contribution in [2.24, 2.45) is 0 Å². The smallest absolute Gasteiger partial charge is 0.253 e. The number of anilines is 3. The third-order valence-corrected chi connectivity index (χ3v) is 3.34. The van der Waals surface area contributed by atoms with Crippen molar-refractivity contribution in [3.05, 3.63) is 35.9 Å². The summed E-state index contributed by atoms with van der Waals surface area (Å²) in [4.78, 5) is 12.5. The molecule has 0 aliphatic carbocycles. The number of benzene rings is 1. The van der Waals surface area contributed by atoms with Crippen LogP contribution in [0.1, 0.15) is 38.2 Å². The van der Waals surface area contributed by atoms with E-state index in [4.69, 9.17) is 5.21 Å². The molecule has 0 saturated carbocycles. The monoisotopic (exact) mass is 316 g/mol. The highest BCUT2D eigenvalue weighted by Crippen LogP contribution is 2.11. The van der Waals surface area contributed by atoms with Crippen LogP contribution in [0.2, 0.25) is 0 Å². The van der Waals surface area contributed by atoms with E-state index in [-0.39, 0.29) is 5.95 Å². The van der Waals surface area contributed by atoms with Gasteiger partial charge in [-0.1, -0.05) is 56.5 Å². The van der Waals surface area contributed by atoms with E-state index in [0.29, 0.717) is 18.4 Å². The molecule has 0 bridgehead atoms. The Labute approximate surface area is 136 Å². The number of aromatic nitrogens is 3. The predicted octanol–water partition coefficient (Wildman–Crippen LogP) is 3.28. The zero-order chi connectivity index (χ0) is 16.3. The van der Waals surface area contributed by atoms with Gasteiger partial charge in [0, 0.05) is 13.1 Å². The van der Waals surface area contributed by atoms with E-state index in [0.717, 1.165) is 18.5 Å². The van der Waals surface area contributed by atoms with Crippen molar-refractivity contribution < 1.29 is 5.21 Å². The highest BCUT2D eigenvalue weighted by Gasteiger charge is 2.05. The molecular formula is C16H24N6O.